The number of anilines is 1. The number of carbonyl (C=O) groups excluding carboxylic acids is 1. The first-order valence-corrected chi connectivity index (χ1v) is 13.5. The molecule has 2 aromatic carbocycles. The number of nitrogens with zero attached hydrogens (tertiary/aromatic N) is 5. The number of benzene rings is 2. The fourth-order valence-corrected chi connectivity index (χ4v) is 6.07. The Kier molecular flexibility index (Phi) is 5.77. The molecule has 1 N–H and O–H groups in total. The number of thioether (sulfide) groups is 1. The summed E-state index contributed by atoms with van der Waals surface area (Å²) in [5.74, 6) is 0.0405. The van der Waals surface area contributed by atoms with Crippen LogP contribution < -0.4 is 5.32 Å². The van der Waals surface area contributed by atoms with Crippen molar-refractivity contribution in [1.82, 2.24) is 24.6 Å². The van der Waals surface area contributed by atoms with E-state index >= 15 is 0 Å². The average molecular weight is 515 g/mol. The molecule has 0 atom stereocenters. The predicted molar refractivity (Wildman–Crippen MR) is 143 cm³/mol. The minimum absolute atomic E-state index is 0.148. The monoisotopic (exact) mass is 514 g/mol. The van der Waals surface area contributed by atoms with Crippen LogP contribution in [0.1, 0.15) is 5.56 Å². The molecule has 0 radical (unpaired) electrons. The second-order valence-corrected chi connectivity index (χ2v) is 10.5. The minimum Gasteiger partial charge on any atom is -0.301 e. The van der Waals surface area contributed by atoms with Crippen molar-refractivity contribution in [2.75, 3.05) is 11.1 Å². The molecule has 6 aromatic rings. The van der Waals surface area contributed by atoms with E-state index in [0.29, 0.717) is 10.3 Å². The van der Waals surface area contributed by atoms with Crippen LogP contribution in [0.25, 0.3) is 38.2 Å². The number of hydrogen-bond acceptors (Lipinski definition) is 8. The van der Waals surface area contributed by atoms with Gasteiger partial charge >= 0.3 is 0 Å². The first-order chi connectivity index (χ1) is 17.2. The number of nitrogens with one attached hydrogen (secondary N) is 1. The molecule has 0 spiro atoms. The number of thiazole rings is 1. The molecule has 0 saturated heterocycles. The van der Waals surface area contributed by atoms with Crippen molar-refractivity contribution in [1.29, 1.82) is 0 Å². The van der Waals surface area contributed by atoms with Gasteiger partial charge in [-0.1, -0.05) is 71.9 Å². The topological polar surface area (TPSA) is 85.1 Å². The van der Waals surface area contributed by atoms with Crippen molar-refractivity contribution in [2.24, 2.45) is 0 Å². The van der Waals surface area contributed by atoms with Crippen LogP contribution in [0.3, 0.4) is 0 Å². The molecule has 0 aliphatic rings. The van der Waals surface area contributed by atoms with E-state index in [2.05, 4.69) is 62.1 Å². The first kappa shape index (κ1) is 21.9. The molecule has 6 rings (SSSR count). The lowest BCUT2D eigenvalue weighted by molar-refractivity contribution is -0.113. The molecule has 10 heteroatoms. The summed E-state index contributed by atoms with van der Waals surface area (Å²) in [7, 11) is 0. The SMILES string of the molecule is Cc1ccc(-c2csc3ncn4c(SCC(=O)Nc5nc(-c6ccccc6)cs5)nnc4c23)cc1. The van der Waals surface area contributed by atoms with Gasteiger partial charge in [0.2, 0.25) is 5.91 Å². The highest BCUT2D eigenvalue weighted by Crippen LogP contribution is 2.36. The zero-order valence-corrected chi connectivity index (χ0v) is 21.0. The van der Waals surface area contributed by atoms with Crippen LogP contribution in [0.2, 0.25) is 0 Å². The van der Waals surface area contributed by atoms with Gasteiger partial charge < -0.3 is 5.32 Å². The molecule has 0 aliphatic carbocycles. The maximum Gasteiger partial charge on any atom is 0.236 e. The molecule has 172 valence electrons. The fraction of sp³-hybridized carbons (Fsp3) is 0.0800. The number of hydrogen-bond donors (Lipinski definition) is 1. The summed E-state index contributed by atoms with van der Waals surface area (Å²) in [6, 6.07) is 18.3. The summed E-state index contributed by atoms with van der Waals surface area (Å²) in [4.78, 5) is 22.6. The molecule has 4 aromatic heterocycles. The molecule has 7 nitrogen and oxygen atoms in total. The Hall–Kier alpha value is -3.60. The van der Waals surface area contributed by atoms with Crippen LogP contribution >= 0.6 is 34.4 Å². The van der Waals surface area contributed by atoms with E-state index < -0.39 is 0 Å². The lowest BCUT2D eigenvalue weighted by Crippen LogP contribution is -2.14. The summed E-state index contributed by atoms with van der Waals surface area (Å²) >= 11 is 4.31. The highest BCUT2D eigenvalue weighted by molar-refractivity contribution is 7.99. The Morgan fingerprint density at radius 2 is 1.83 bits per heavy atom. The number of thiophene rings is 1. The van der Waals surface area contributed by atoms with Crippen LogP contribution in [0, 0.1) is 6.92 Å². The van der Waals surface area contributed by atoms with E-state index in [-0.39, 0.29) is 11.7 Å². The number of fused-ring (bicyclic) bond motifs is 3. The fourth-order valence-electron chi connectivity index (χ4n) is 3.72. The standard InChI is InChI=1S/C25H18N6OS3/c1-15-7-9-16(10-8-15)18-11-33-23-21(18)22-29-30-25(31(22)14-26-23)35-13-20(32)28-24-27-19(12-34-24)17-5-3-2-4-6-17/h2-12,14H,13H2,1H3,(H,27,28,32). The minimum atomic E-state index is -0.148. The highest BCUT2D eigenvalue weighted by atomic mass is 32.2. The molecular formula is C25H18N6OS3. The van der Waals surface area contributed by atoms with Gasteiger partial charge in [-0.15, -0.1) is 32.9 Å². The van der Waals surface area contributed by atoms with Gasteiger partial charge in [-0.25, -0.2) is 9.97 Å². The average Bonchev–Trinajstić information content (AvgIpc) is 3.62. The lowest BCUT2D eigenvalue weighted by Gasteiger charge is -2.03. The predicted octanol–water partition coefficient (Wildman–Crippen LogP) is 6.17. The lowest BCUT2D eigenvalue weighted by atomic mass is 10.0. The molecular weight excluding hydrogens is 497 g/mol. The molecule has 1 amide bonds. The van der Waals surface area contributed by atoms with Gasteiger partial charge in [0.25, 0.3) is 0 Å². The van der Waals surface area contributed by atoms with Crippen molar-refractivity contribution >= 4 is 61.3 Å². The third-order valence-corrected chi connectivity index (χ3v) is 8.05. The maximum absolute atomic E-state index is 12.6. The molecule has 0 unspecified atom stereocenters. The van der Waals surface area contributed by atoms with Crippen LogP contribution in [0.4, 0.5) is 5.13 Å². The molecule has 4 heterocycles. The van der Waals surface area contributed by atoms with Crippen molar-refractivity contribution < 1.29 is 4.79 Å². The third kappa shape index (κ3) is 4.31. The van der Waals surface area contributed by atoms with Crippen LogP contribution in [-0.2, 0) is 4.79 Å². The van der Waals surface area contributed by atoms with Gasteiger partial charge in [-0.3, -0.25) is 9.20 Å². The quantitative estimate of drug-likeness (QED) is 0.268. The van der Waals surface area contributed by atoms with Crippen LogP contribution in [-0.4, -0.2) is 36.2 Å². The first-order valence-electron chi connectivity index (χ1n) is 10.8. The summed E-state index contributed by atoms with van der Waals surface area (Å²) < 4.78 is 1.85. The third-order valence-electron chi connectivity index (χ3n) is 5.47. The van der Waals surface area contributed by atoms with E-state index in [0.717, 1.165) is 38.2 Å². The molecule has 0 fully saturated rings. The number of rotatable bonds is 6. The number of carbonyl (C=O) groups is 1. The molecule has 0 aliphatic heterocycles. The highest BCUT2D eigenvalue weighted by Gasteiger charge is 2.17. The summed E-state index contributed by atoms with van der Waals surface area (Å²) in [6.07, 6.45) is 1.72. The van der Waals surface area contributed by atoms with Gasteiger partial charge in [0, 0.05) is 21.9 Å². The van der Waals surface area contributed by atoms with Crippen molar-refractivity contribution in [3.05, 3.63) is 77.2 Å². The smallest absolute Gasteiger partial charge is 0.236 e. The van der Waals surface area contributed by atoms with Gasteiger partial charge in [0.1, 0.15) is 11.2 Å². The van der Waals surface area contributed by atoms with E-state index in [1.54, 1.807) is 17.7 Å². The zero-order valence-electron chi connectivity index (χ0n) is 18.5. The Morgan fingerprint density at radius 3 is 2.66 bits per heavy atom. The summed E-state index contributed by atoms with van der Waals surface area (Å²) in [6.45, 7) is 2.07. The van der Waals surface area contributed by atoms with Crippen molar-refractivity contribution in [3.8, 4) is 22.4 Å². The van der Waals surface area contributed by atoms with Gasteiger partial charge in [-0.2, -0.15) is 0 Å². The number of aryl methyl sites for hydroxylation is 1. The van der Waals surface area contributed by atoms with E-state index in [1.165, 1.54) is 28.7 Å². The van der Waals surface area contributed by atoms with E-state index in [1.807, 2.05) is 40.1 Å². The Labute approximate surface area is 212 Å². The zero-order chi connectivity index (χ0) is 23.8. The molecule has 0 saturated carbocycles. The van der Waals surface area contributed by atoms with Crippen molar-refractivity contribution in [2.45, 2.75) is 12.1 Å². The van der Waals surface area contributed by atoms with E-state index in [9.17, 15) is 4.79 Å². The summed E-state index contributed by atoms with van der Waals surface area (Å²) in [5.41, 5.74) is 6.02. The Balaban J connectivity index is 1.20. The molecule has 35 heavy (non-hydrogen) atoms. The normalized spacial score (nSPS) is 11.3. The number of amides is 1. The van der Waals surface area contributed by atoms with Gasteiger partial charge in [0.05, 0.1) is 16.8 Å². The van der Waals surface area contributed by atoms with Gasteiger partial charge in [-0.05, 0) is 12.5 Å². The Bertz CT molecular complexity index is 1650. The second kappa shape index (κ2) is 9.21. The number of aromatic nitrogens is 5. The Morgan fingerprint density at radius 1 is 1.00 bits per heavy atom. The van der Waals surface area contributed by atoms with Gasteiger partial charge in [0.15, 0.2) is 15.9 Å². The molecule has 0 bridgehead atoms. The summed E-state index contributed by atoms with van der Waals surface area (Å²) in [5, 5.41) is 17.9. The second-order valence-electron chi connectivity index (χ2n) is 7.86. The van der Waals surface area contributed by atoms with Crippen molar-refractivity contribution in [3.63, 3.8) is 0 Å². The maximum atomic E-state index is 12.6. The van der Waals surface area contributed by atoms with Crippen LogP contribution in [0.5, 0.6) is 0 Å². The largest absolute Gasteiger partial charge is 0.301 e. The van der Waals surface area contributed by atoms with E-state index in [4.69, 9.17) is 0 Å². The van der Waals surface area contributed by atoms with Crippen LogP contribution in [0.15, 0.2) is 76.8 Å².